The van der Waals surface area contributed by atoms with Crippen molar-refractivity contribution in [3.8, 4) is 0 Å². The van der Waals surface area contributed by atoms with Crippen LogP contribution in [0.2, 0.25) is 5.02 Å². The van der Waals surface area contributed by atoms with Crippen LogP contribution >= 0.6 is 11.6 Å². The number of nitrogens with one attached hydrogen (secondary N) is 2. The number of aryl methyl sites for hydroxylation is 1. The van der Waals surface area contributed by atoms with Crippen molar-refractivity contribution < 1.29 is 4.79 Å². The molecule has 0 bridgehead atoms. The van der Waals surface area contributed by atoms with Gasteiger partial charge in [-0.3, -0.25) is 9.69 Å². The van der Waals surface area contributed by atoms with Crippen LogP contribution in [0, 0.1) is 12.8 Å². The number of hydrogen-bond acceptors (Lipinski definition) is 6. The normalized spacial score (nSPS) is 19.6. The van der Waals surface area contributed by atoms with E-state index in [1.54, 1.807) is 35.9 Å². The van der Waals surface area contributed by atoms with E-state index in [4.69, 9.17) is 11.6 Å². The summed E-state index contributed by atoms with van der Waals surface area (Å²) in [5.41, 5.74) is 1.06. The molecule has 2 atom stereocenters. The number of H-pyrrole nitrogens is 1. The molecule has 1 saturated heterocycles. The van der Waals surface area contributed by atoms with Gasteiger partial charge in [-0.05, 0) is 56.9 Å². The molecule has 3 heterocycles. The summed E-state index contributed by atoms with van der Waals surface area (Å²) in [7, 11) is 1.80. The second-order valence-electron chi connectivity index (χ2n) is 8.60. The Labute approximate surface area is 189 Å². The molecule has 0 unspecified atom stereocenters. The number of anilines is 2. The monoisotopic (exact) mass is 453 g/mol. The Balaban J connectivity index is 1.45. The number of carbonyl (C=O) groups excluding carboxylic acids is 1. The van der Waals surface area contributed by atoms with Crippen LogP contribution in [0.25, 0.3) is 10.9 Å². The number of aromatic nitrogens is 4. The number of benzene rings is 1. The summed E-state index contributed by atoms with van der Waals surface area (Å²) >= 11 is 6.11. The zero-order valence-electron chi connectivity index (χ0n) is 18.1. The van der Waals surface area contributed by atoms with E-state index in [0.29, 0.717) is 40.8 Å². The Morgan fingerprint density at radius 1 is 1.19 bits per heavy atom. The Morgan fingerprint density at radius 3 is 2.72 bits per heavy atom. The second-order valence-corrected chi connectivity index (χ2v) is 9.03. The first-order valence-corrected chi connectivity index (χ1v) is 11.0. The van der Waals surface area contributed by atoms with Crippen LogP contribution in [0.3, 0.4) is 0 Å². The fraction of sp³-hybridized carbons (Fsp3) is 0.409. The van der Waals surface area contributed by atoms with Crippen molar-refractivity contribution in [3.05, 3.63) is 51.0 Å². The Hall–Kier alpha value is -3.20. The van der Waals surface area contributed by atoms with Crippen molar-refractivity contribution in [2.45, 2.75) is 38.8 Å². The molecule has 2 aromatic heterocycles. The minimum atomic E-state index is -0.382. The zero-order chi connectivity index (χ0) is 22.6. The summed E-state index contributed by atoms with van der Waals surface area (Å²) in [5, 5.41) is 4.64. The molecule has 3 aromatic rings. The smallest absolute Gasteiger partial charge is 0.327 e. The maximum absolute atomic E-state index is 12.8. The molecule has 0 spiro atoms. The number of likely N-dealkylation sites (N-methyl/N-ethyl adjacent to an activating group) is 1. The van der Waals surface area contributed by atoms with E-state index in [2.05, 4.69) is 25.3 Å². The Kier molecular flexibility index (Phi) is 5.00. The number of halogens is 1. The first-order valence-electron chi connectivity index (χ1n) is 10.7. The molecule has 2 aliphatic rings. The van der Waals surface area contributed by atoms with Gasteiger partial charge in [0.05, 0.1) is 12.1 Å². The molecule has 1 aliphatic heterocycles. The fourth-order valence-electron chi connectivity index (χ4n) is 4.27. The van der Waals surface area contributed by atoms with Gasteiger partial charge in [-0.25, -0.2) is 4.79 Å². The molecule has 9 nitrogen and oxygen atoms in total. The number of urea groups is 1. The number of hydrogen-bond donors (Lipinski definition) is 2. The predicted molar refractivity (Wildman–Crippen MR) is 123 cm³/mol. The van der Waals surface area contributed by atoms with E-state index in [-0.39, 0.29) is 23.7 Å². The topological polar surface area (TPSA) is 107 Å². The van der Waals surface area contributed by atoms with Crippen LogP contribution in [0.5, 0.6) is 0 Å². The van der Waals surface area contributed by atoms with Gasteiger partial charge in [0, 0.05) is 35.1 Å². The molecule has 2 fully saturated rings. The van der Waals surface area contributed by atoms with Crippen molar-refractivity contribution in [1.29, 1.82) is 0 Å². The summed E-state index contributed by atoms with van der Waals surface area (Å²) in [6.45, 7) is 4.30. The lowest BCUT2D eigenvalue weighted by atomic mass is 10.1. The highest BCUT2D eigenvalue weighted by Gasteiger charge is 2.46. The van der Waals surface area contributed by atoms with Crippen molar-refractivity contribution in [2.24, 2.45) is 5.92 Å². The third-order valence-corrected chi connectivity index (χ3v) is 6.32. The molecule has 0 radical (unpaired) electrons. The number of rotatable bonds is 5. The molecule has 2 N–H and O–H groups in total. The van der Waals surface area contributed by atoms with E-state index in [1.165, 1.54) is 0 Å². The van der Waals surface area contributed by atoms with Crippen molar-refractivity contribution in [1.82, 2.24) is 24.8 Å². The molecule has 10 heteroatoms. The number of pyridine rings is 1. The minimum Gasteiger partial charge on any atom is -0.347 e. The summed E-state index contributed by atoms with van der Waals surface area (Å²) in [5.74, 6) is 1.65. The molecule has 32 heavy (non-hydrogen) atoms. The standard InChI is InChI=1S/C22H24ClN7O2/c1-11(16-9-14-8-15(23)6-7-17(14)27-19(16)31)24-20-25-12(2)26-21(28-20)30-18(13-4-5-13)10-29(3)22(30)32/h6-9,11,13,18H,4-5,10H2,1-3H3,(H,27,31)(H,24,25,26,28)/t11-,18+/m0/s1. The summed E-state index contributed by atoms with van der Waals surface area (Å²) in [6, 6.07) is 6.73. The van der Waals surface area contributed by atoms with Crippen LogP contribution in [0.1, 0.15) is 37.2 Å². The number of fused-ring (bicyclic) bond motifs is 1. The third kappa shape index (κ3) is 3.77. The lowest BCUT2D eigenvalue weighted by Gasteiger charge is -2.22. The Bertz CT molecular complexity index is 1270. The predicted octanol–water partition coefficient (Wildman–Crippen LogP) is 3.50. The largest absolute Gasteiger partial charge is 0.347 e. The van der Waals surface area contributed by atoms with Gasteiger partial charge >= 0.3 is 6.03 Å². The molecule has 166 valence electrons. The van der Waals surface area contributed by atoms with Gasteiger partial charge in [0.15, 0.2) is 0 Å². The lowest BCUT2D eigenvalue weighted by Crippen LogP contribution is -2.37. The lowest BCUT2D eigenvalue weighted by molar-refractivity contribution is 0.229. The van der Waals surface area contributed by atoms with E-state index in [0.717, 1.165) is 23.7 Å². The van der Waals surface area contributed by atoms with Gasteiger partial charge in [0.25, 0.3) is 5.56 Å². The number of aromatic amines is 1. The maximum Gasteiger partial charge on any atom is 0.327 e. The zero-order valence-corrected chi connectivity index (χ0v) is 18.8. The number of carbonyl (C=O) groups is 1. The van der Waals surface area contributed by atoms with Gasteiger partial charge in [-0.1, -0.05) is 11.6 Å². The average Bonchev–Trinajstić information content (AvgIpc) is 3.53. The van der Waals surface area contributed by atoms with E-state index >= 15 is 0 Å². The molecular weight excluding hydrogens is 430 g/mol. The highest BCUT2D eigenvalue weighted by molar-refractivity contribution is 6.31. The minimum absolute atomic E-state index is 0.0765. The van der Waals surface area contributed by atoms with Crippen LogP contribution in [-0.2, 0) is 0 Å². The summed E-state index contributed by atoms with van der Waals surface area (Å²) in [6.07, 6.45) is 2.23. The summed E-state index contributed by atoms with van der Waals surface area (Å²) < 4.78 is 0. The number of amides is 2. The van der Waals surface area contributed by atoms with Crippen LogP contribution in [-0.4, -0.2) is 50.5 Å². The molecule has 1 saturated carbocycles. The highest BCUT2D eigenvalue weighted by atomic mass is 35.5. The highest BCUT2D eigenvalue weighted by Crippen LogP contribution is 2.39. The van der Waals surface area contributed by atoms with Crippen molar-refractivity contribution in [2.75, 3.05) is 23.8 Å². The number of nitrogens with zero attached hydrogens (tertiary/aromatic N) is 5. The van der Waals surface area contributed by atoms with E-state index in [9.17, 15) is 9.59 Å². The van der Waals surface area contributed by atoms with Crippen LogP contribution < -0.4 is 15.8 Å². The molecular formula is C22H24ClN7O2. The SMILES string of the molecule is Cc1nc(N[C@@H](C)c2cc3cc(Cl)ccc3[nH]c2=O)nc(N2C(=O)N(C)C[C@@H]2C2CC2)n1. The van der Waals surface area contributed by atoms with Gasteiger partial charge in [0.2, 0.25) is 11.9 Å². The van der Waals surface area contributed by atoms with E-state index < -0.39 is 0 Å². The van der Waals surface area contributed by atoms with E-state index in [1.807, 2.05) is 19.1 Å². The maximum atomic E-state index is 12.8. The Morgan fingerprint density at radius 2 is 1.97 bits per heavy atom. The van der Waals surface area contributed by atoms with Gasteiger partial charge in [-0.15, -0.1) is 0 Å². The third-order valence-electron chi connectivity index (χ3n) is 6.09. The molecule has 1 aliphatic carbocycles. The van der Waals surface area contributed by atoms with Gasteiger partial charge in [-0.2, -0.15) is 15.0 Å². The van der Waals surface area contributed by atoms with Crippen LogP contribution in [0.4, 0.5) is 16.7 Å². The molecule has 2 amide bonds. The van der Waals surface area contributed by atoms with Crippen molar-refractivity contribution in [3.63, 3.8) is 0 Å². The summed E-state index contributed by atoms with van der Waals surface area (Å²) in [4.78, 5) is 45.1. The van der Waals surface area contributed by atoms with Crippen molar-refractivity contribution >= 4 is 40.4 Å². The first-order chi connectivity index (χ1) is 15.3. The van der Waals surface area contributed by atoms with Crippen LogP contribution in [0.15, 0.2) is 29.1 Å². The van der Waals surface area contributed by atoms with Gasteiger partial charge in [0.1, 0.15) is 5.82 Å². The second kappa shape index (κ2) is 7.74. The average molecular weight is 454 g/mol. The van der Waals surface area contributed by atoms with Gasteiger partial charge < -0.3 is 15.2 Å². The quantitative estimate of drug-likeness (QED) is 0.612. The molecule has 5 rings (SSSR count). The fourth-order valence-corrected chi connectivity index (χ4v) is 4.45. The first kappa shape index (κ1) is 20.7. The molecule has 1 aromatic carbocycles.